The Balaban J connectivity index is 0.00000507. The van der Waals surface area contributed by atoms with Crippen LogP contribution < -0.4 is 5.73 Å². The Kier molecular flexibility index (Phi) is 8.85. The molecule has 2 unspecified atom stereocenters. The number of ketones is 1. The molecule has 2 aromatic carbocycles. The van der Waals surface area contributed by atoms with Gasteiger partial charge >= 0.3 is 5.97 Å². The highest BCUT2D eigenvalue weighted by Gasteiger charge is 2.43. The monoisotopic (exact) mass is 589 g/mol. The number of aromatic carboxylic acids is 1. The molecule has 9 nitrogen and oxygen atoms in total. The van der Waals surface area contributed by atoms with Gasteiger partial charge in [0.2, 0.25) is 5.91 Å². The quantitative estimate of drug-likeness (QED) is 0.350. The van der Waals surface area contributed by atoms with Gasteiger partial charge in [0.15, 0.2) is 11.9 Å². The van der Waals surface area contributed by atoms with Crippen molar-refractivity contribution in [2.45, 2.75) is 64.5 Å². The largest absolute Gasteiger partial charge is 0.507 e. The molecule has 0 saturated carbocycles. The zero-order chi connectivity index (χ0) is 28.0. The molecule has 5 N–H and O–H groups in total. The average Bonchev–Trinajstić information content (AvgIpc) is 3.03. The van der Waals surface area contributed by atoms with Crippen LogP contribution in [0.5, 0.6) is 5.75 Å². The molecule has 3 rings (SSSR count). The molecule has 0 saturated heterocycles. The number of aromatic hydroxyl groups is 1. The number of carbonyl (C=O) groups excluding carboxylic acids is 2. The van der Waals surface area contributed by atoms with Crippen LogP contribution in [0, 0.1) is 5.41 Å². The zero-order valence-electron chi connectivity index (χ0n) is 22.7. The maximum atomic E-state index is 13.7. The number of ether oxygens (including phenoxy) is 1. The first kappa shape index (κ1) is 31.0. The van der Waals surface area contributed by atoms with E-state index in [0.717, 1.165) is 0 Å². The van der Waals surface area contributed by atoms with Gasteiger partial charge in [0.25, 0.3) is 0 Å². The fraction of sp³-hybridized carbons (Fsp3) is 0.429. The van der Waals surface area contributed by atoms with Gasteiger partial charge in [0, 0.05) is 29.4 Å². The summed E-state index contributed by atoms with van der Waals surface area (Å²) in [6, 6.07) is 6.69. The van der Waals surface area contributed by atoms with E-state index in [4.69, 9.17) is 15.9 Å². The number of primary amides is 1. The van der Waals surface area contributed by atoms with E-state index in [9.17, 15) is 24.6 Å². The molecule has 0 aliphatic carbocycles. The number of nitrogens with zero attached hydrogens (tertiary/aromatic N) is 1. The molecular weight excluding hydrogens is 554 g/mol. The first-order chi connectivity index (χ1) is 17.0. The number of methoxy groups -OCH3 is 1. The van der Waals surface area contributed by atoms with Crippen LogP contribution in [0.1, 0.15) is 90.6 Å². The van der Waals surface area contributed by atoms with E-state index in [-0.39, 0.29) is 52.0 Å². The van der Waals surface area contributed by atoms with Crippen molar-refractivity contribution < 1.29 is 29.3 Å². The Morgan fingerprint density at radius 1 is 1.03 bits per heavy atom. The zero-order valence-corrected chi connectivity index (χ0v) is 24.4. The van der Waals surface area contributed by atoms with E-state index in [1.54, 1.807) is 12.1 Å². The van der Waals surface area contributed by atoms with Crippen molar-refractivity contribution in [1.82, 2.24) is 4.90 Å². The van der Waals surface area contributed by atoms with Crippen LogP contribution in [0.25, 0.3) is 0 Å². The third-order valence-corrected chi connectivity index (χ3v) is 6.68. The van der Waals surface area contributed by atoms with Crippen molar-refractivity contribution in [3.63, 3.8) is 0 Å². The summed E-state index contributed by atoms with van der Waals surface area (Å²) in [6.45, 7) is 11.4. The van der Waals surface area contributed by atoms with Gasteiger partial charge in [-0.1, -0.05) is 47.6 Å². The summed E-state index contributed by atoms with van der Waals surface area (Å²) in [7, 11) is 1.31. The number of carbonyl (C=O) groups is 3. The average molecular weight is 591 g/mol. The number of rotatable bonds is 7. The lowest BCUT2D eigenvalue weighted by molar-refractivity contribution is -0.130. The first-order valence-electron chi connectivity index (χ1n) is 11.9. The Hall–Kier alpha value is -3.24. The highest BCUT2D eigenvalue weighted by atomic mass is 79.9. The number of Topliss-reactive ketones (excluding diaryl/α,β-unsaturated/α-hetero) is 1. The minimum atomic E-state index is -1.18. The predicted octanol–water partition coefficient (Wildman–Crippen LogP) is 4.33. The predicted molar refractivity (Wildman–Crippen MR) is 150 cm³/mol. The molecule has 38 heavy (non-hydrogen) atoms. The highest BCUT2D eigenvalue weighted by Crippen LogP contribution is 2.41. The van der Waals surface area contributed by atoms with E-state index in [2.05, 4.69) is 0 Å². The lowest BCUT2D eigenvalue weighted by Gasteiger charge is -2.31. The van der Waals surface area contributed by atoms with Crippen LogP contribution in [0.15, 0.2) is 30.3 Å². The van der Waals surface area contributed by atoms with Gasteiger partial charge in [-0.05, 0) is 40.7 Å². The summed E-state index contributed by atoms with van der Waals surface area (Å²) in [5, 5.41) is 29.2. The van der Waals surface area contributed by atoms with Crippen molar-refractivity contribution in [3.8, 4) is 5.75 Å². The second-order valence-corrected chi connectivity index (χ2v) is 11.4. The maximum Gasteiger partial charge on any atom is 0.335 e. The second kappa shape index (κ2) is 10.9. The number of carboxylic acid groups (broad SMARTS) is 1. The van der Waals surface area contributed by atoms with Gasteiger partial charge in [-0.15, -0.1) is 17.0 Å². The summed E-state index contributed by atoms with van der Waals surface area (Å²) in [4.78, 5) is 38.9. The third-order valence-electron chi connectivity index (χ3n) is 6.68. The molecular formula is C28H36BrN3O6. The minimum Gasteiger partial charge on any atom is -0.507 e. The normalized spacial score (nSPS) is 16.0. The van der Waals surface area contributed by atoms with Crippen LogP contribution >= 0.6 is 17.0 Å². The summed E-state index contributed by atoms with van der Waals surface area (Å²) in [5.74, 6) is -2.23. The maximum absolute atomic E-state index is 13.7. The van der Waals surface area contributed by atoms with E-state index in [1.165, 1.54) is 30.2 Å². The standard InChI is InChI=1S/C28H35N3O6.BrH/c1-27(2,3)18-11-15(12-19(22(18)33)28(4,5)6)20(32)13-31-21(23(37-7)25(30)34)16-9-8-14(26(35)36)10-17(16)24(31)29;/h8-12,21,23,29,33H,13H2,1-7H3,(H2,30,34)(H,35,36);1H. The molecule has 2 atom stereocenters. The van der Waals surface area contributed by atoms with Crippen LogP contribution in [0.3, 0.4) is 0 Å². The number of halogens is 1. The van der Waals surface area contributed by atoms with Gasteiger partial charge in [0.05, 0.1) is 18.2 Å². The van der Waals surface area contributed by atoms with Crippen LogP contribution in [0.2, 0.25) is 0 Å². The number of phenols is 1. The number of carboxylic acids is 1. The molecule has 0 bridgehead atoms. The lowest BCUT2D eigenvalue weighted by atomic mass is 9.78. The Labute approximate surface area is 233 Å². The summed E-state index contributed by atoms with van der Waals surface area (Å²) in [5.41, 5.74) is 7.05. The fourth-order valence-corrected chi connectivity index (χ4v) is 4.70. The number of phenolic OH excluding ortho intramolecular Hbond substituents is 1. The molecule has 2 aromatic rings. The number of amides is 1. The van der Waals surface area contributed by atoms with E-state index in [1.807, 2.05) is 41.5 Å². The molecule has 0 spiro atoms. The van der Waals surface area contributed by atoms with Crippen molar-refractivity contribution in [1.29, 1.82) is 5.41 Å². The number of hydrogen-bond acceptors (Lipinski definition) is 6. The smallest absolute Gasteiger partial charge is 0.335 e. The van der Waals surface area contributed by atoms with Gasteiger partial charge < -0.3 is 25.6 Å². The molecule has 0 radical (unpaired) electrons. The number of fused-ring (bicyclic) bond motifs is 1. The summed E-state index contributed by atoms with van der Waals surface area (Å²) < 4.78 is 5.37. The summed E-state index contributed by atoms with van der Waals surface area (Å²) in [6.07, 6.45) is -1.18. The number of amidine groups is 1. The number of benzene rings is 2. The Morgan fingerprint density at radius 3 is 1.97 bits per heavy atom. The Morgan fingerprint density at radius 2 is 1.55 bits per heavy atom. The lowest BCUT2D eigenvalue weighted by Crippen LogP contribution is -2.44. The second-order valence-electron chi connectivity index (χ2n) is 11.4. The molecule has 0 fully saturated rings. The highest BCUT2D eigenvalue weighted by molar-refractivity contribution is 8.93. The minimum absolute atomic E-state index is 0. The van der Waals surface area contributed by atoms with E-state index >= 15 is 0 Å². The number of hydrogen-bond donors (Lipinski definition) is 4. The fourth-order valence-electron chi connectivity index (χ4n) is 4.70. The van der Waals surface area contributed by atoms with Crippen LogP contribution in [-0.4, -0.2) is 58.4 Å². The van der Waals surface area contributed by atoms with Crippen LogP contribution in [0.4, 0.5) is 0 Å². The molecule has 10 heteroatoms. The third kappa shape index (κ3) is 5.76. The molecule has 206 valence electrons. The van der Waals surface area contributed by atoms with Crippen LogP contribution in [-0.2, 0) is 20.4 Å². The molecule has 1 aliphatic rings. The summed E-state index contributed by atoms with van der Waals surface area (Å²) >= 11 is 0. The van der Waals surface area contributed by atoms with E-state index in [0.29, 0.717) is 22.3 Å². The van der Waals surface area contributed by atoms with Crippen molar-refractivity contribution in [2.75, 3.05) is 13.7 Å². The first-order valence-corrected chi connectivity index (χ1v) is 11.9. The number of nitrogens with one attached hydrogen (secondary N) is 1. The van der Waals surface area contributed by atoms with Crippen molar-refractivity contribution >= 4 is 40.5 Å². The molecule has 0 aromatic heterocycles. The van der Waals surface area contributed by atoms with Crippen molar-refractivity contribution in [2.24, 2.45) is 5.73 Å². The topological polar surface area (TPSA) is 154 Å². The van der Waals surface area contributed by atoms with E-state index < -0.39 is 34.9 Å². The van der Waals surface area contributed by atoms with Gasteiger partial charge in [0.1, 0.15) is 11.6 Å². The van der Waals surface area contributed by atoms with Crippen molar-refractivity contribution in [3.05, 3.63) is 63.7 Å². The molecule has 1 amide bonds. The van der Waals surface area contributed by atoms with Gasteiger partial charge in [-0.2, -0.15) is 0 Å². The van der Waals surface area contributed by atoms with Gasteiger partial charge in [-0.25, -0.2) is 4.79 Å². The number of nitrogens with two attached hydrogens (primary N) is 1. The molecule has 1 heterocycles. The van der Waals surface area contributed by atoms with Gasteiger partial charge in [-0.3, -0.25) is 15.0 Å². The Bertz CT molecular complexity index is 1260. The SMILES string of the molecule is Br.COC(C(N)=O)C1c2ccc(C(=O)O)cc2C(=N)N1CC(=O)c1cc(C(C)(C)C)c(O)c(C(C)(C)C)c1. The molecule has 1 aliphatic heterocycles.